The Labute approximate surface area is 150 Å². The van der Waals surface area contributed by atoms with Gasteiger partial charge in [0, 0.05) is 32.0 Å². The maximum Gasteiger partial charge on any atom is 0.317 e. The van der Waals surface area contributed by atoms with Crippen LogP contribution in [-0.4, -0.2) is 33.6 Å². The van der Waals surface area contributed by atoms with Gasteiger partial charge < -0.3 is 14.8 Å². The summed E-state index contributed by atoms with van der Waals surface area (Å²) in [7, 11) is 0. The van der Waals surface area contributed by atoms with Gasteiger partial charge in [0.25, 0.3) is 0 Å². The number of rotatable bonds is 5. The van der Waals surface area contributed by atoms with Crippen molar-refractivity contribution < 1.29 is 4.79 Å². The van der Waals surface area contributed by atoms with Crippen LogP contribution in [0.3, 0.4) is 0 Å². The molecule has 0 bridgehead atoms. The zero-order valence-electron chi connectivity index (χ0n) is 15.2. The number of aromatic nitrogens is 2. The predicted molar refractivity (Wildman–Crippen MR) is 99.3 cm³/mol. The minimum absolute atomic E-state index is 0.0581. The van der Waals surface area contributed by atoms with Crippen LogP contribution < -0.4 is 5.32 Å². The Morgan fingerprint density at radius 3 is 2.84 bits per heavy atom. The highest BCUT2D eigenvalue weighted by atomic mass is 16.2. The largest absolute Gasteiger partial charge is 0.338 e. The lowest BCUT2D eigenvalue weighted by Crippen LogP contribution is -2.47. The van der Waals surface area contributed by atoms with Crippen molar-refractivity contribution >= 4 is 6.03 Å². The van der Waals surface area contributed by atoms with Crippen molar-refractivity contribution in [2.45, 2.75) is 45.7 Å². The normalized spacial score (nSPS) is 20.5. The van der Waals surface area contributed by atoms with Gasteiger partial charge in [-0.15, -0.1) is 0 Å². The van der Waals surface area contributed by atoms with Crippen LogP contribution in [0.25, 0.3) is 0 Å². The molecule has 2 amide bonds. The number of hydrogen-bond donors (Lipinski definition) is 1. The molecule has 1 N–H and O–H groups in total. The Hall–Kier alpha value is -2.30. The molecule has 2 aromatic rings. The van der Waals surface area contributed by atoms with Crippen molar-refractivity contribution in [2.75, 3.05) is 13.1 Å². The number of likely N-dealkylation sites (tertiary alicyclic amines) is 1. The van der Waals surface area contributed by atoms with Crippen LogP contribution in [0.1, 0.15) is 43.4 Å². The van der Waals surface area contributed by atoms with Crippen molar-refractivity contribution in [2.24, 2.45) is 5.92 Å². The Morgan fingerprint density at radius 1 is 1.32 bits per heavy atom. The van der Waals surface area contributed by atoms with E-state index in [1.165, 1.54) is 17.5 Å². The second-order valence-corrected chi connectivity index (χ2v) is 7.05. The van der Waals surface area contributed by atoms with Crippen LogP contribution in [0.4, 0.5) is 4.79 Å². The third kappa shape index (κ3) is 4.41. The van der Waals surface area contributed by atoms with Gasteiger partial charge >= 0.3 is 6.03 Å². The van der Waals surface area contributed by atoms with E-state index in [2.05, 4.69) is 48.4 Å². The van der Waals surface area contributed by atoms with E-state index in [1.54, 1.807) is 6.20 Å². The summed E-state index contributed by atoms with van der Waals surface area (Å²) >= 11 is 0. The minimum atomic E-state index is 0.0581. The van der Waals surface area contributed by atoms with Gasteiger partial charge in [-0.3, -0.25) is 0 Å². The van der Waals surface area contributed by atoms with E-state index in [-0.39, 0.29) is 12.1 Å². The first-order valence-electron chi connectivity index (χ1n) is 9.22. The molecule has 1 aromatic carbocycles. The molecule has 25 heavy (non-hydrogen) atoms. The lowest BCUT2D eigenvalue weighted by atomic mass is 9.86. The number of nitrogens with zero attached hydrogens (tertiary/aromatic N) is 3. The second-order valence-electron chi connectivity index (χ2n) is 7.05. The van der Waals surface area contributed by atoms with Gasteiger partial charge in [0.15, 0.2) is 0 Å². The Balaban J connectivity index is 1.59. The summed E-state index contributed by atoms with van der Waals surface area (Å²) in [6, 6.07) is 8.84. The topological polar surface area (TPSA) is 50.2 Å². The van der Waals surface area contributed by atoms with Crippen LogP contribution in [0.2, 0.25) is 0 Å². The third-order valence-electron chi connectivity index (χ3n) is 5.04. The number of urea groups is 1. The van der Waals surface area contributed by atoms with E-state index < -0.39 is 0 Å². The molecule has 134 valence electrons. The first kappa shape index (κ1) is 17.5. The van der Waals surface area contributed by atoms with Crippen molar-refractivity contribution in [3.05, 3.63) is 54.1 Å². The molecule has 1 aliphatic rings. The summed E-state index contributed by atoms with van der Waals surface area (Å²) in [5.74, 6) is 0.480. The van der Waals surface area contributed by atoms with Gasteiger partial charge in [0.1, 0.15) is 0 Å². The lowest BCUT2D eigenvalue weighted by molar-refractivity contribution is 0.119. The van der Waals surface area contributed by atoms with Gasteiger partial charge in [0.05, 0.1) is 12.4 Å². The fourth-order valence-corrected chi connectivity index (χ4v) is 3.67. The van der Waals surface area contributed by atoms with E-state index >= 15 is 0 Å². The van der Waals surface area contributed by atoms with E-state index in [0.29, 0.717) is 12.5 Å². The number of nitrogens with one attached hydrogen (secondary N) is 1. The number of carbonyl (C=O) groups excluding carboxylic acids is 1. The molecule has 2 atom stereocenters. The summed E-state index contributed by atoms with van der Waals surface area (Å²) in [4.78, 5) is 18.8. The molecule has 0 radical (unpaired) electrons. The zero-order chi connectivity index (χ0) is 17.6. The molecular weight excluding hydrogens is 312 g/mol. The molecular formula is C20H28N4O. The molecule has 0 spiro atoms. The number of piperidine rings is 1. The van der Waals surface area contributed by atoms with Gasteiger partial charge in [-0.1, -0.05) is 36.8 Å². The molecule has 3 rings (SSSR count). The number of amides is 2. The maximum absolute atomic E-state index is 12.8. The Kier molecular flexibility index (Phi) is 5.74. The van der Waals surface area contributed by atoms with Crippen LogP contribution in [0.5, 0.6) is 0 Å². The standard InChI is InChI=1S/C20H28N4O/c1-16-6-8-18(9-7-16)19-17(2)5-3-13-24(19)20(25)22-10-4-12-23-14-11-21-15-23/h6-9,11,14-15,17,19H,3-5,10,12-13H2,1-2H3,(H,22,25)/t17-,19+/m0/s1. The fourth-order valence-electron chi connectivity index (χ4n) is 3.67. The summed E-state index contributed by atoms with van der Waals surface area (Å²) in [6.07, 6.45) is 8.68. The van der Waals surface area contributed by atoms with Gasteiger partial charge in [-0.25, -0.2) is 9.78 Å². The molecule has 5 nitrogen and oxygen atoms in total. The molecule has 0 saturated carbocycles. The molecule has 1 fully saturated rings. The summed E-state index contributed by atoms with van der Waals surface area (Å²) in [5.41, 5.74) is 2.49. The van der Waals surface area contributed by atoms with Crippen LogP contribution in [0, 0.1) is 12.8 Å². The average Bonchev–Trinajstić information content (AvgIpc) is 3.13. The van der Waals surface area contributed by atoms with E-state index in [4.69, 9.17) is 0 Å². The molecule has 1 aliphatic heterocycles. The van der Waals surface area contributed by atoms with E-state index in [9.17, 15) is 4.79 Å². The predicted octanol–water partition coefficient (Wildman–Crippen LogP) is 3.76. The maximum atomic E-state index is 12.8. The number of imidazole rings is 1. The monoisotopic (exact) mass is 340 g/mol. The minimum Gasteiger partial charge on any atom is -0.338 e. The first-order valence-corrected chi connectivity index (χ1v) is 9.22. The first-order chi connectivity index (χ1) is 12.1. The zero-order valence-corrected chi connectivity index (χ0v) is 15.2. The summed E-state index contributed by atoms with van der Waals surface area (Å²) in [5, 5.41) is 3.10. The van der Waals surface area contributed by atoms with Crippen molar-refractivity contribution in [3.63, 3.8) is 0 Å². The highest BCUT2D eigenvalue weighted by Crippen LogP contribution is 2.35. The molecule has 2 heterocycles. The fraction of sp³-hybridized carbons (Fsp3) is 0.500. The van der Waals surface area contributed by atoms with Crippen molar-refractivity contribution in [1.82, 2.24) is 19.8 Å². The molecule has 5 heteroatoms. The van der Waals surface area contributed by atoms with E-state index in [0.717, 1.165) is 25.9 Å². The van der Waals surface area contributed by atoms with Crippen LogP contribution in [-0.2, 0) is 6.54 Å². The van der Waals surface area contributed by atoms with Crippen LogP contribution >= 0.6 is 0 Å². The number of hydrogen-bond acceptors (Lipinski definition) is 2. The summed E-state index contributed by atoms with van der Waals surface area (Å²) in [6.45, 7) is 6.73. The quantitative estimate of drug-likeness (QED) is 0.843. The van der Waals surface area contributed by atoms with Gasteiger partial charge in [-0.05, 0) is 37.7 Å². The highest BCUT2D eigenvalue weighted by Gasteiger charge is 2.32. The van der Waals surface area contributed by atoms with Crippen LogP contribution in [0.15, 0.2) is 43.0 Å². The Morgan fingerprint density at radius 2 is 2.12 bits per heavy atom. The van der Waals surface area contributed by atoms with Crippen molar-refractivity contribution in [1.29, 1.82) is 0 Å². The highest BCUT2D eigenvalue weighted by molar-refractivity contribution is 5.75. The van der Waals surface area contributed by atoms with E-state index in [1.807, 2.05) is 22.0 Å². The second kappa shape index (κ2) is 8.19. The average molecular weight is 340 g/mol. The molecule has 1 saturated heterocycles. The number of carbonyl (C=O) groups is 1. The summed E-state index contributed by atoms with van der Waals surface area (Å²) < 4.78 is 2.03. The number of aryl methyl sites for hydroxylation is 2. The smallest absolute Gasteiger partial charge is 0.317 e. The van der Waals surface area contributed by atoms with Gasteiger partial charge in [0.2, 0.25) is 0 Å². The SMILES string of the molecule is Cc1ccc([C@H]2[C@@H](C)CCCN2C(=O)NCCCn2ccnc2)cc1. The number of benzene rings is 1. The lowest BCUT2D eigenvalue weighted by Gasteiger charge is -2.40. The third-order valence-corrected chi connectivity index (χ3v) is 5.04. The van der Waals surface area contributed by atoms with Gasteiger partial charge in [-0.2, -0.15) is 0 Å². The molecule has 0 unspecified atom stereocenters. The Bertz CT molecular complexity index is 666. The molecule has 1 aromatic heterocycles. The van der Waals surface area contributed by atoms with Crippen molar-refractivity contribution in [3.8, 4) is 0 Å². The molecule has 0 aliphatic carbocycles.